The van der Waals surface area contributed by atoms with Crippen LogP contribution in [0.5, 0.6) is 5.75 Å². The summed E-state index contributed by atoms with van der Waals surface area (Å²) < 4.78 is 43.3. The number of ether oxygens (including phenoxy) is 1. The third-order valence-electron chi connectivity index (χ3n) is 2.38. The van der Waals surface area contributed by atoms with E-state index in [2.05, 4.69) is 4.98 Å². The zero-order valence-corrected chi connectivity index (χ0v) is 10.4. The van der Waals surface area contributed by atoms with Gasteiger partial charge in [0.15, 0.2) is 0 Å². The highest BCUT2D eigenvalue weighted by Gasteiger charge is 2.33. The topological polar surface area (TPSA) is 22.1 Å². The molecule has 1 heterocycles. The molecule has 0 amide bonds. The molecule has 0 radical (unpaired) electrons. The molecule has 0 N–H and O–H groups in total. The van der Waals surface area contributed by atoms with Gasteiger partial charge in [-0.1, -0.05) is 29.8 Å². The first-order valence-corrected chi connectivity index (χ1v) is 5.74. The van der Waals surface area contributed by atoms with Crippen LogP contribution in [0.15, 0.2) is 42.6 Å². The average Bonchev–Trinajstić information content (AvgIpc) is 2.37. The lowest BCUT2D eigenvalue weighted by molar-refractivity contribution is -0.139. The Morgan fingerprint density at radius 1 is 1.11 bits per heavy atom. The van der Waals surface area contributed by atoms with Gasteiger partial charge in [0.25, 0.3) is 0 Å². The maximum Gasteiger partial charge on any atom is 0.419 e. The molecule has 0 atom stereocenters. The van der Waals surface area contributed by atoms with Crippen LogP contribution in [0.4, 0.5) is 13.2 Å². The number of hydrogen-bond acceptors (Lipinski definition) is 2. The van der Waals surface area contributed by atoms with Gasteiger partial charge < -0.3 is 4.74 Å². The van der Waals surface area contributed by atoms with Crippen LogP contribution in [0.2, 0.25) is 5.15 Å². The number of benzene rings is 1. The Morgan fingerprint density at radius 2 is 1.84 bits per heavy atom. The van der Waals surface area contributed by atoms with E-state index < -0.39 is 11.7 Å². The second-order valence-corrected chi connectivity index (χ2v) is 4.16. The van der Waals surface area contributed by atoms with Gasteiger partial charge in [-0.3, -0.25) is 0 Å². The van der Waals surface area contributed by atoms with Crippen molar-refractivity contribution >= 4 is 11.6 Å². The van der Waals surface area contributed by atoms with Crippen molar-refractivity contribution in [2.24, 2.45) is 0 Å². The van der Waals surface area contributed by atoms with Crippen molar-refractivity contribution in [2.75, 3.05) is 0 Å². The molecule has 0 spiro atoms. The molecule has 2 nitrogen and oxygen atoms in total. The van der Waals surface area contributed by atoms with E-state index in [9.17, 15) is 13.2 Å². The van der Waals surface area contributed by atoms with Crippen molar-refractivity contribution in [3.63, 3.8) is 0 Å². The normalized spacial score (nSPS) is 11.4. The van der Waals surface area contributed by atoms with Crippen LogP contribution < -0.4 is 4.74 Å². The van der Waals surface area contributed by atoms with E-state index in [4.69, 9.17) is 16.3 Å². The van der Waals surface area contributed by atoms with Gasteiger partial charge in [0.05, 0.1) is 5.56 Å². The van der Waals surface area contributed by atoms with Crippen LogP contribution in [0.3, 0.4) is 0 Å². The Morgan fingerprint density at radius 3 is 2.47 bits per heavy atom. The number of nitrogens with zero attached hydrogens (tertiary/aromatic N) is 1. The molecule has 0 saturated heterocycles. The van der Waals surface area contributed by atoms with Crippen molar-refractivity contribution in [1.82, 2.24) is 4.98 Å². The number of hydrogen-bond donors (Lipinski definition) is 0. The molecule has 2 rings (SSSR count). The van der Waals surface area contributed by atoms with Gasteiger partial charge in [-0.25, -0.2) is 4.98 Å². The molecule has 0 bridgehead atoms. The zero-order valence-electron chi connectivity index (χ0n) is 9.62. The average molecular weight is 288 g/mol. The highest BCUT2D eigenvalue weighted by molar-refractivity contribution is 6.29. The van der Waals surface area contributed by atoms with Crippen LogP contribution in [0.25, 0.3) is 0 Å². The molecule has 19 heavy (non-hydrogen) atoms. The molecule has 1 aromatic heterocycles. The highest BCUT2D eigenvalue weighted by atomic mass is 35.5. The lowest BCUT2D eigenvalue weighted by Crippen LogP contribution is -2.08. The summed E-state index contributed by atoms with van der Waals surface area (Å²) in [5, 5.41) is 0.319. The van der Waals surface area contributed by atoms with Crippen LogP contribution in [-0.2, 0) is 12.8 Å². The number of halogens is 4. The Kier molecular flexibility index (Phi) is 3.95. The zero-order chi connectivity index (χ0) is 13.9. The molecule has 0 aliphatic rings. The highest BCUT2D eigenvalue weighted by Crippen LogP contribution is 2.36. The summed E-state index contributed by atoms with van der Waals surface area (Å²) in [4.78, 5) is 3.83. The summed E-state index contributed by atoms with van der Waals surface area (Å²) in [6, 6.07) is 8.27. The molecule has 6 heteroatoms. The van der Waals surface area contributed by atoms with Gasteiger partial charge in [-0.15, -0.1) is 0 Å². The Hall–Kier alpha value is -1.75. The van der Waals surface area contributed by atoms with Crippen molar-refractivity contribution in [2.45, 2.75) is 12.8 Å². The first kappa shape index (κ1) is 13.7. The van der Waals surface area contributed by atoms with Gasteiger partial charge >= 0.3 is 6.18 Å². The second-order valence-electron chi connectivity index (χ2n) is 3.77. The standard InChI is InChI=1S/C13H9ClF3NO/c14-12-6-5-9(7-18-12)8-19-11-4-2-1-3-10(11)13(15,16)17/h1-7H,8H2. The van der Waals surface area contributed by atoms with E-state index in [1.165, 1.54) is 24.4 Å². The number of aromatic nitrogens is 1. The molecule has 0 fully saturated rings. The summed E-state index contributed by atoms with van der Waals surface area (Å²) in [5.74, 6) is -0.204. The fraction of sp³-hybridized carbons (Fsp3) is 0.154. The number of alkyl halides is 3. The molecule has 0 unspecified atom stereocenters. The van der Waals surface area contributed by atoms with Crippen molar-refractivity contribution in [3.8, 4) is 5.75 Å². The van der Waals surface area contributed by atoms with Crippen molar-refractivity contribution in [1.29, 1.82) is 0 Å². The van der Waals surface area contributed by atoms with E-state index in [0.29, 0.717) is 10.7 Å². The largest absolute Gasteiger partial charge is 0.488 e. The van der Waals surface area contributed by atoms with E-state index >= 15 is 0 Å². The van der Waals surface area contributed by atoms with Gasteiger partial charge in [0, 0.05) is 11.8 Å². The third kappa shape index (κ3) is 3.61. The minimum atomic E-state index is -4.44. The predicted octanol–water partition coefficient (Wildman–Crippen LogP) is 4.33. The fourth-order valence-corrected chi connectivity index (χ4v) is 1.59. The van der Waals surface area contributed by atoms with E-state index in [0.717, 1.165) is 6.07 Å². The molecule has 0 saturated carbocycles. The Labute approximate surface area is 112 Å². The monoisotopic (exact) mass is 287 g/mol. The fourth-order valence-electron chi connectivity index (χ4n) is 1.48. The molecule has 0 aliphatic carbocycles. The summed E-state index contributed by atoms with van der Waals surface area (Å²) in [5.41, 5.74) is -0.154. The van der Waals surface area contributed by atoms with Crippen LogP contribution in [0.1, 0.15) is 11.1 Å². The maximum atomic E-state index is 12.7. The van der Waals surface area contributed by atoms with Crippen LogP contribution in [-0.4, -0.2) is 4.98 Å². The third-order valence-corrected chi connectivity index (χ3v) is 2.60. The molecule has 1 aromatic carbocycles. The number of rotatable bonds is 3. The minimum Gasteiger partial charge on any atom is -0.488 e. The molecule has 0 aliphatic heterocycles. The van der Waals surface area contributed by atoms with E-state index in [-0.39, 0.29) is 12.4 Å². The Bertz CT molecular complexity index is 555. The predicted molar refractivity (Wildman–Crippen MR) is 65.0 cm³/mol. The molecule has 100 valence electrons. The molecular formula is C13H9ClF3NO. The smallest absolute Gasteiger partial charge is 0.419 e. The van der Waals surface area contributed by atoms with Gasteiger partial charge in [-0.2, -0.15) is 13.2 Å². The van der Waals surface area contributed by atoms with Crippen LogP contribution in [0, 0.1) is 0 Å². The first-order chi connectivity index (χ1) is 8.97. The van der Waals surface area contributed by atoms with Crippen molar-refractivity contribution < 1.29 is 17.9 Å². The SMILES string of the molecule is FC(F)(F)c1ccccc1OCc1ccc(Cl)nc1. The van der Waals surface area contributed by atoms with Crippen LogP contribution >= 0.6 is 11.6 Å². The summed E-state index contributed by atoms with van der Waals surface area (Å²) in [6.45, 7) is -0.00272. The second kappa shape index (κ2) is 5.48. The summed E-state index contributed by atoms with van der Waals surface area (Å²) in [7, 11) is 0. The maximum absolute atomic E-state index is 12.7. The lowest BCUT2D eigenvalue weighted by Gasteiger charge is -2.13. The molecule has 2 aromatic rings. The van der Waals surface area contributed by atoms with E-state index in [1.807, 2.05) is 0 Å². The number of pyridine rings is 1. The summed E-state index contributed by atoms with van der Waals surface area (Å²) >= 11 is 5.61. The number of para-hydroxylation sites is 1. The molecular weight excluding hydrogens is 279 g/mol. The van der Waals surface area contributed by atoms with Gasteiger partial charge in [-0.05, 0) is 18.2 Å². The lowest BCUT2D eigenvalue weighted by atomic mass is 10.2. The quantitative estimate of drug-likeness (QED) is 0.784. The minimum absolute atomic E-state index is 0.00272. The van der Waals surface area contributed by atoms with E-state index in [1.54, 1.807) is 12.1 Å². The summed E-state index contributed by atoms with van der Waals surface area (Å²) in [6.07, 6.45) is -2.98. The Balaban J connectivity index is 2.14. The van der Waals surface area contributed by atoms with Gasteiger partial charge in [0.2, 0.25) is 0 Å². The van der Waals surface area contributed by atoms with Crippen molar-refractivity contribution in [3.05, 3.63) is 58.9 Å². The van der Waals surface area contributed by atoms with Gasteiger partial charge in [0.1, 0.15) is 17.5 Å². The first-order valence-electron chi connectivity index (χ1n) is 5.36.